The molecule has 8 nitrogen and oxygen atoms in total. The van der Waals surface area contributed by atoms with Gasteiger partial charge in [-0.3, -0.25) is 9.59 Å². The van der Waals surface area contributed by atoms with Crippen molar-refractivity contribution < 1.29 is 9.59 Å². The Kier molecular flexibility index (Phi) is 8.54. The lowest BCUT2D eigenvalue weighted by Crippen LogP contribution is -2.46. The summed E-state index contributed by atoms with van der Waals surface area (Å²) in [4.78, 5) is 41.2. The number of thiazole rings is 1. The Morgan fingerprint density at radius 2 is 1.95 bits per heavy atom. The molecule has 214 valence electrons. The summed E-state index contributed by atoms with van der Waals surface area (Å²) in [5, 5.41) is 6.95. The van der Waals surface area contributed by atoms with Gasteiger partial charge >= 0.3 is 0 Å². The number of aryl methyl sites for hydroxylation is 1. The molecule has 0 unspecified atom stereocenters. The van der Waals surface area contributed by atoms with E-state index in [4.69, 9.17) is 9.97 Å². The van der Waals surface area contributed by atoms with Crippen LogP contribution in [0.2, 0.25) is 0 Å². The maximum absolute atomic E-state index is 13.5. The number of carbonyl (C=O) groups is 2. The predicted molar refractivity (Wildman–Crippen MR) is 161 cm³/mol. The molecule has 1 saturated heterocycles. The van der Waals surface area contributed by atoms with E-state index >= 15 is 0 Å². The molecule has 0 bridgehead atoms. The molecule has 3 heterocycles. The van der Waals surface area contributed by atoms with E-state index in [1.54, 1.807) is 0 Å². The maximum Gasteiger partial charge on any atom is 0.280 e. The summed E-state index contributed by atoms with van der Waals surface area (Å²) in [6.45, 7) is 10.7. The smallest absolute Gasteiger partial charge is 0.280 e. The Hall–Kier alpha value is -2.88. The van der Waals surface area contributed by atoms with E-state index in [9.17, 15) is 9.59 Å². The average molecular weight is 563 g/mol. The lowest BCUT2D eigenvalue weighted by Gasteiger charge is -2.34. The van der Waals surface area contributed by atoms with Gasteiger partial charge < -0.3 is 20.4 Å². The molecule has 1 aliphatic heterocycles. The van der Waals surface area contributed by atoms with Crippen LogP contribution in [0.3, 0.4) is 0 Å². The number of aromatic nitrogens is 2. The normalized spacial score (nSPS) is 18.6. The Morgan fingerprint density at radius 1 is 1.18 bits per heavy atom. The van der Waals surface area contributed by atoms with Crippen LogP contribution in [0.15, 0.2) is 30.3 Å². The highest BCUT2D eigenvalue weighted by molar-refractivity contribution is 7.19. The van der Waals surface area contributed by atoms with Crippen molar-refractivity contribution in [1.82, 2.24) is 30.4 Å². The zero-order chi connectivity index (χ0) is 28.4. The number of nitrogens with one attached hydrogen (secondary N) is 2. The van der Waals surface area contributed by atoms with Gasteiger partial charge in [0.1, 0.15) is 10.3 Å². The van der Waals surface area contributed by atoms with Crippen LogP contribution in [0.4, 0.5) is 0 Å². The van der Waals surface area contributed by atoms with Crippen LogP contribution in [0, 0.1) is 11.3 Å². The first-order valence-electron chi connectivity index (χ1n) is 14.4. The van der Waals surface area contributed by atoms with Crippen molar-refractivity contribution in [2.45, 2.75) is 52.5 Å². The summed E-state index contributed by atoms with van der Waals surface area (Å²) in [6.07, 6.45) is 3.85. The number of hydrogen-bond donors (Lipinski definition) is 2. The first-order valence-corrected chi connectivity index (χ1v) is 15.2. The fraction of sp³-hybridized carbons (Fsp3) is 0.548. The molecule has 2 atom stereocenters. The van der Waals surface area contributed by atoms with Gasteiger partial charge in [-0.1, -0.05) is 44.2 Å². The molecule has 2 N–H and O–H groups in total. The van der Waals surface area contributed by atoms with Gasteiger partial charge in [0.25, 0.3) is 11.8 Å². The summed E-state index contributed by atoms with van der Waals surface area (Å²) < 4.78 is 0. The fourth-order valence-electron chi connectivity index (χ4n) is 5.72. The molecule has 0 spiro atoms. The zero-order valence-corrected chi connectivity index (χ0v) is 25.2. The van der Waals surface area contributed by atoms with Crippen molar-refractivity contribution in [2.75, 3.05) is 46.8 Å². The van der Waals surface area contributed by atoms with E-state index in [0.29, 0.717) is 29.6 Å². The number of fused-ring (bicyclic) bond motifs is 2. The average Bonchev–Trinajstić information content (AvgIpc) is 3.36. The number of piperazine rings is 1. The summed E-state index contributed by atoms with van der Waals surface area (Å²) in [5.41, 5.74) is 5.07. The molecule has 1 fully saturated rings. The molecule has 1 aromatic carbocycles. The molecule has 2 aliphatic rings. The molecule has 40 heavy (non-hydrogen) atoms. The fourth-order valence-corrected chi connectivity index (χ4v) is 6.56. The highest BCUT2D eigenvalue weighted by atomic mass is 32.1. The summed E-state index contributed by atoms with van der Waals surface area (Å²) >= 11 is 1.36. The number of amides is 2. The second kappa shape index (κ2) is 11.9. The largest absolute Gasteiger partial charge is 0.343 e. The number of rotatable bonds is 7. The van der Waals surface area contributed by atoms with E-state index < -0.39 is 0 Å². The molecule has 3 aromatic rings. The van der Waals surface area contributed by atoms with Crippen molar-refractivity contribution in [2.24, 2.45) is 11.3 Å². The van der Waals surface area contributed by atoms with Crippen LogP contribution in [-0.4, -0.2) is 78.4 Å². The van der Waals surface area contributed by atoms with Crippen LogP contribution < -0.4 is 10.6 Å². The molecule has 1 aliphatic carbocycles. The summed E-state index contributed by atoms with van der Waals surface area (Å²) in [6, 6.07) is 9.61. The highest BCUT2D eigenvalue weighted by Crippen LogP contribution is 2.38. The minimum absolute atomic E-state index is 0.0379. The van der Waals surface area contributed by atoms with Gasteiger partial charge in [0.05, 0.1) is 6.04 Å². The van der Waals surface area contributed by atoms with E-state index in [0.717, 1.165) is 66.9 Å². The topological polar surface area (TPSA) is 90.5 Å². The molecule has 2 amide bonds. The molecule has 0 radical (unpaired) electrons. The van der Waals surface area contributed by atoms with E-state index in [1.807, 2.05) is 43.3 Å². The van der Waals surface area contributed by atoms with Gasteiger partial charge in [-0.25, -0.2) is 9.97 Å². The van der Waals surface area contributed by atoms with Gasteiger partial charge in [0.15, 0.2) is 5.01 Å². The van der Waals surface area contributed by atoms with Gasteiger partial charge in [-0.2, -0.15) is 0 Å². The van der Waals surface area contributed by atoms with Crippen LogP contribution in [0.25, 0.3) is 10.3 Å². The Labute approximate surface area is 241 Å². The highest BCUT2D eigenvalue weighted by Gasteiger charge is 2.30. The first-order chi connectivity index (χ1) is 19.1. The molecule has 0 saturated carbocycles. The molecule has 9 heteroatoms. The number of nitrogens with zero attached hydrogens (tertiary/aromatic N) is 4. The van der Waals surface area contributed by atoms with Crippen LogP contribution in [0.1, 0.15) is 76.6 Å². The minimum atomic E-state index is -0.244. The van der Waals surface area contributed by atoms with Crippen LogP contribution in [-0.2, 0) is 12.8 Å². The quantitative estimate of drug-likeness (QED) is 0.446. The van der Waals surface area contributed by atoms with Crippen molar-refractivity contribution in [1.29, 1.82) is 0 Å². The maximum atomic E-state index is 13.5. The summed E-state index contributed by atoms with van der Waals surface area (Å²) in [7, 11) is 4.04. The van der Waals surface area contributed by atoms with Crippen LogP contribution in [0.5, 0.6) is 0 Å². The molecule has 2 aromatic heterocycles. The molecule has 5 rings (SSSR count). The Bertz CT molecular complexity index is 1370. The Balaban J connectivity index is 1.36. The van der Waals surface area contributed by atoms with Gasteiger partial charge in [-0.15, -0.1) is 0 Å². The predicted octanol–water partition coefficient (Wildman–Crippen LogP) is 4.31. The lowest BCUT2D eigenvalue weighted by atomic mass is 9.71. The standard InChI is InChI=1S/C31H42N6O2S/c1-31(2,3)23-9-10-24-22(18-23)19-26-28(34-24)40-29(35-26)27(38)33-25(11-14-36(4)5)20-7-6-8-21(17-20)30(39)37-15-12-32-13-16-37/h6-8,17,19,23,25,32H,9-16,18H2,1-5H3,(H,33,38)/t23-,25+/m0/s1. The Morgan fingerprint density at radius 3 is 2.67 bits per heavy atom. The van der Waals surface area contributed by atoms with Gasteiger partial charge in [0.2, 0.25) is 0 Å². The number of pyridine rings is 1. The minimum Gasteiger partial charge on any atom is -0.343 e. The van der Waals surface area contributed by atoms with Gasteiger partial charge in [0, 0.05) is 37.4 Å². The third-order valence-corrected chi connectivity index (χ3v) is 9.24. The number of hydrogen-bond acceptors (Lipinski definition) is 7. The molecular formula is C31H42N6O2S. The van der Waals surface area contributed by atoms with Crippen molar-refractivity contribution in [3.8, 4) is 0 Å². The van der Waals surface area contributed by atoms with E-state index in [-0.39, 0.29) is 23.3 Å². The second-order valence-corrected chi connectivity index (χ2v) is 13.5. The third kappa shape index (κ3) is 6.53. The number of carbonyl (C=O) groups excluding carboxylic acids is 2. The lowest BCUT2D eigenvalue weighted by molar-refractivity contribution is 0.0735. The van der Waals surface area contributed by atoms with Crippen molar-refractivity contribution in [3.63, 3.8) is 0 Å². The monoisotopic (exact) mass is 562 g/mol. The zero-order valence-electron chi connectivity index (χ0n) is 24.4. The third-order valence-electron chi connectivity index (χ3n) is 8.28. The first kappa shape index (κ1) is 28.6. The molecular weight excluding hydrogens is 520 g/mol. The van der Waals surface area contributed by atoms with E-state index in [2.05, 4.69) is 42.4 Å². The number of benzene rings is 1. The second-order valence-electron chi connectivity index (χ2n) is 12.5. The van der Waals surface area contributed by atoms with Crippen molar-refractivity contribution in [3.05, 3.63) is 57.7 Å². The van der Waals surface area contributed by atoms with Crippen molar-refractivity contribution >= 4 is 33.5 Å². The van der Waals surface area contributed by atoms with Crippen LogP contribution >= 0.6 is 11.3 Å². The summed E-state index contributed by atoms with van der Waals surface area (Å²) in [5.74, 6) is 0.458. The SMILES string of the molecule is CN(C)CC[C@@H](NC(=O)c1nc2cc3c(nc2s1)CC[C@H](C(C)(C)C)C3)c1cccc(C(=O)N2CCNCC2)c1. The van der Waals surface area contributed by atoms with E-state index in [1.165, 1.54) is 16.9 Å². The van der Waals surface area contributed by atoms with Gasteiger partial charge in [-0.05, 0) is 87.0 Å².